The van der Waals surface area contributed by atoms with Crippen LogP contribution >= 0.6 is 11.3 Å². The second-order valence-electron chi connectivity index (χ2n) is 3.61. The number of carbonyl (C=O) groups excluding carboxylic acids is 1. The monoisotopic (exact) mass is 376 g/mol. The smallest absolute Gasteiger partial charge is 0.392 e. The summed E-state index contributed by atoms with van der Waals surface area (Å²) in [5, 5.41) is 0. The molecule has 0 radical (unpaired) electrons. The van der Waals surface area contributed by atoms with E-state index in [4.69, 9.17) is 0 Å². The van der Waals surface area contributed by atoms with Crippen molar-refractivity contribution in [2.45, 2.75) is 19.9 Å². The fourth-order valence-corrected chi connectivity index (χ4v) is 2.55. The van der Waals surface area contributed by atoms with Crippen molar-refractivity contribution in [3.8, 4) is 5.82 Å². The van der Waals surface area contributed by atoms with E-state index in [1.54, 1.807) is 9.13 Å². The fraction of sp³-hybridized carbons (Fsp3) is 0.250. The first-order valence-corrected chi connectivity index (χ1v) is 6.25. The van der Waals surface area contributed by atoms with Gasteiger partial charge in [0, 0.05) is 0 Å². The van der Waals surface area contributed by atoms with Crippen LogP contribution in [0.5, 0.6) is 0 Å². The summed E-state index contributed by atoms with van der Waals surface area (Å²) in [6, 6.07) is 5.63. The van der Waals surface area contributed by atoms with Gasteiger partial charge in [-0.3, -0.25) is 4.79 Å². The van der Waals surface area contributed by atoms with E-state index in [2.05, 4.69) is 0 Å². The van der Waals surface area contributed by atoms with E-state index in [9.17, 15) is 9.59 Å². The van der Waals surface area contributed by atoms with E-state index < -0.39 is 0 Å². The second-order valence-corrected chi connectivity index (χ2v) is 4.60. The molecule has 2 rings (SSSR count). The fourth-order valence-electron chi connectivity index (χ4n) is 1.72. The van der Waals surface area contributed by atoms with Gasteiger partial charge in [-0.05, 0) is 29.9 Å². The zero-order valence-electron chi connectivity index (χ0n) is 9.88. The van der Waals surface area contributed by atoms with Crippen LogP contribution in [0.15, 0.2) is 35.4 Å². The summed E-state index contributed by atoms with van der Waals surface area (Å²) in [5.41, 5.74) is 0. The van der Waals surface area contributed by atoms with Gasteiger partial charge in [-0.15, -0.1) is 0 Å². The SMILES string of the molecule is CCCn1c(-[n+]2ccccc2)c(C=O)sc1=O.[I-]. The molecule has 0 fully saturated rings. The Labute approximate surface area is 126 Å². The topological polar surface area (TPSA) is 43.0 Å². The molecular formula is C12H13IN2O2S. The highest BCUT2D eigenvalue weighted by molar-refractivity contribution is 7.11. The summed E-state index contributed by atoms with van der Waals surface area (Å²) >= 11 is 0.994. The molecule has 0 spiro atoms. The summed E-state index contributed by atoms with van der Waals surface area (Å²) in [6.07, 6.45) is 5.27. The Kier molecular flexibility index (Phi) is 5.67. The number of hydrogen-bond acceptors (Lipinski definition) is 3. The predicted octanol–water partition coefficient (Wildman–Crippen LogP) is -1.59. The largest absolute Gasteiger partial charge is 1.00 e. The number of carbonyl (C=O) groups is 1. The van der Waals surface area contributed by atoms with Gasteiger partial charge in [0.25, 0.3) is 0 Å². The van der Waals surface area contributed by atoms with E-state index in [1.165, 1.54) is 0 Å². The maximum atomic E-state index is 11.8. The van der Waals surface area contributed by atoms with Gasteiger partial charge in [0.2, 0.25) is 0 Å². The lowest BCUT2D eigenvalue weighted by Gasteiger charge is -2.00. The van der Waals surface area contributed by atoms with Crippen molar-refractivity contribution < 1.29 is 33.3 Å². The number of rotatable bonds is 4. The third kappa shape index (κ3) is 2.86. The van der Waals surface area contributed by atoms with Crippen molar-refractivity contribution in [1.29, 1.82) is 0 Å². The molecule has 0 aliphatic carbocycles. The van der Waals surface area contributed by atoms with E-state index in [1.807, 2.05) is 37.5 Å². The Morgan fingerprint density at radius 1 is 1.33 bits per heavy atom. The van der Waals surface area contributed by atoms with E-state index in [-0.39, 0.29) is 28.8 Å². The lowest BCUT2D eigenvalue weighted by Crippen LogP contribution is -3.00. The van der Waals surface area contributed by atoms with E-state index >= 15 is 0 Å². The lowest BCUT2D eigenvalue weighted by molar-refractivity contribution is -0.601. The van der Waals surface area contributed by atoms with Crippen LogP contribution in [0.3, 0.4) is 0 Å². The van der Waals surface area contributed by atoms with Gasteiger partial charge in [-0.1, -0.05) is 13.0 Å². The molecule has 0 saturated heterocycles. The van der Waals surface area contributed by atoms with E-state index in [0.29, 0.717) is 17.2 Å². The molecule has 2 heterocycles. The highest BCUT2D eigenvalue weighted by Gasteiger charge is 2.23. The quantitative estimate of drug-likeness (QED) is 0.367. The first kappa shape index (κ1) is 15.0. The van der Waals surface area contributed by atoms with Crippen LogP contribution in [0.25, 0.3) is 5.82 Å². The number of hydrogen-bond donors (Lipinski definition) is 0. The highest BCUT2D eigenvalue weighted by atomic mass is 127. The van der Waals surface area contributed by atoms with Crippen LogP contribution in [0, 0.1) is 0 Å². The van der Waals surface area contributed by atoms with Crippen molar-refractivity contribution >= 4 is 17.6 Å². The molecule has 2 aromatic rings. The molecule has 96 valence electrons. The van der Waals surface area contributed by atoms with Crippen molar-refractivity contribution in [3.63, 3.8) is 0 Å². The van der Waals surface area contributed by atoms with Gasteiger partial charge in [0.1, 0.15) is 0 Å². The van der Waals surface area contributed by atoms with Crippen molar-refractivity contribution in [1.82, 2.24) is 4.57 Å². The van der Waals surface area contributed by atoms with Crippen LogP contribution in [0.1, 0.15) is 23.0 Å². The average Bonchev–Trinajstić information content (AvgIpc) is 2.68. The summed E-state index contributed by atoms with van der Waals surface area (Å²) in [7, 11) is 0. The molecule has 6 heteroatoms. The molecule has 0 saturated carbocycles. The van der Waals surface area contributed by atoms with Crippen LogP contribution in [0.4, 0.5) is 0 Å². The van der Waals surface area contributed by atoms with Crippen LogP contribution in [0.2, 0.25) is 0 Å². The number of aromatic nitrogens is 2. The maximum Gasteiger partial charge on any atom is 0.392 e. The minimum atomic E-state index is -0.0831. The average molecular weight is 376 g/mol. The lowest BCUT2D eigenvalue weighted by atomic mass is 10.4. The van der Waals surface area contributed by atoms with Crippen molar-refractivity contribution in [3.05, 3.63) is 45.1 Å². The minimum Gasteiger partial charge on any atom is -1.00 e. The van der Waals surface area contributed by atoms with Crippen LogP contribution in [-0.2, 0) is 6.54 Å². The van der Waals surface area contributed by atoms with E-state index in [0.717, 1.165) is 24.0 Å². The third-order valence-electron chi connectivity index (χ3n) is 2.41. The molecule has 0 aliphatic heterocycles. The summed E-state index contributed by atoms with van der Waals surface area (Å²) in [5.74, 6) is 0.664. The molecule has 0 bridgehead atoms. The summed E-state index contributed by atoms with van der Waals surface area (Å²) < 4.78 is 3.45. The minimum absolute atomic E-state index is 0. The van der Waals surface area contributed by atoms with Gasteiger partial charge < -0.3 is 24.0 Å². The number of aldehydes is 1. The Hall–Kier alpha value is -1.02. The number of thiazole rings is 1. The number of pyridine rings is 1. The highest BCUT2D eigenvalue weighted by Crippen LogP contribution is 2.10. The maximum absolute atomic E-state index is 11.8. The molecule has 4 nitrogen and oxygen atoms in total. The summed E-state index contributed by atoms with van der Waals surface area (Å²) in [4.78, 5) is 23.2. The first-order valence-electron chi connectivity index (χ1n) is 5.43. The number of nitrogens with zero attached hydrogens (tertiary/aromatic N) is 2. The van der Waals surface area contributed by atoms with Crippen molar-refractivity contribution in [2.75, 3.05) is 0 Å². The molecule has 18 heavy (non-hydrogen) atoms. The van der Waals surface area contributed by atoms with Crippen LogP contribution in [-0.4, -0.2) is 10.9 Å². The Morgan fingerprint density at radius 2 is 2.00 bits per heavy atom. The van der Waals surface area contributed by atoms with Gasteiger partial charge in [0.15, 0.2) is 11.2 Å². The Balaban J connectivity index is 0.00000162. The second kappa shape index (κ2) is 6.79. The zero-order valence-corrected chi connectivity index (χ0v) is 12.8. The molecule has 0 amide bonds. The Bertz CT molecular complexity index is 578. The van der Waals surface area contributed by atoms with Gasteiger partial charge >= 0.3 is 10.7 Å². The normalized spacial score (nSPS) is 9.83. The Morgan fingerprint density at radius 3 is 2.56 bits per heavy atom. The first-order chi connectivity index (χ1) is 8.27. The molecule has 0 aromatic carbocycles. The van der Waals surface area contributed by atoms with Gasteiger partial charge in [-0.25, -0.2) is 9.36 Å². The molecule has 0 atom stereocenters. The standard InChI is InChI=1S/C12H13N2O2S.HI/c1-2-6-14-11(10(9-15)17-12(14)16)13-7-4-3-5-8-13;/h3-5,7-9H,2,6H2,1H3;1H/q+1;/p-1. The van der Waals surface area contributed by atoms with Gasteiger partial charge in [-0.2, -0.15) is 4.57 Å². The predicted molar refractivity (Wildman–Crippen MR) is 65.8 cm³/mol. The van der Waals surface area contributed by atoms with Crippen molar-refractivity contribution in [2.24, 2.45) is 0 Å². The van der Waals surface area contributed by atoms with Crippen LogP contribution < -0.4 is 33.4 Å². The summed E-state index contributed by atoms with van der Waals surface area (Å²) in [6.45, 7) is 2.63. The molecule has 2 aromatic heterocycles. The molecule has 0 aliphatic rings. The number of halogens is 1. The van der Waals surface area contributed by atoms with Gasteiger partial charge in [0.05, 0.1) is 18.9 Å². The molecule has 0 N–H and O–H groups in total. The zero-order chi connectivity index (χ0) is 12.3. The third-order valence-corrected chi connectivity index (χ3v) is 3.30. The molecule has 0 unspecified atom stereocenters. The molecular weight excluding hydrogens is 363 g/mol.